The minimum Gasteiger partial charge on any atom is -0.493 e. The van der Waals surface area contributed by atoms with Gasteiger partial charge in [-0.05, 0) is 63.8 Å². The van der Waals surface area contributed by atoms with Crippen molar-refractivity contribution in [1.82, 2.24) is 5.32 Å². The Morgan fingerprint density at radius 3 is 2.60 bits per heavy atom. The van der Waals surface area contributed by atoms with Crippen LogP contribution in [0.4, 0.5) is 0 Å². The molecule has 0 saturated heterocycles. The minimum atomic E-state index is 0.290. The van der Waals surface area contributed by atoms with Gasteiger partial charge in [-0.2, -0.15) is 0 Å². The zero-order valence-corrected chi connectivity index (χ0v) is 18.6. The lowest BCUT2D eigenvalue weighted by molar-refractivity contribution is 0.174. The van der Waals surface area contributed by atoms with Gasteiger partial charge in [0, 0.05) is 13.1 Å². The predicted octanol–water partition coefficient (Wildman–Crippen LogP) is 5.36. The number of rotatable bonds is 8. The van der Waals surface area contributed by atoms with E-state index >= 15 is 0 Å². The van der Waals surface area contributed by atoms with Crippen molar-refractivity contribution in [1.29, 1.82) is 0 Å². The summed E-state index contributed by atoms with van der Waals surface area (Å²) in [6.45, 7) is 4.27. The van der Waals surface area contributed by atoms with Crippen molar-refractivity contribution in [2.24, 2.45) is 0 Å². The molecule has 5 nitrogen and oxygen atoms in total. The number of aryl methyl sites for hydroxylation is 1. The zero-order valence-electron chi connectivity index (χ0n) is 17.0. The van der Waals surface area contributed by atoms with E-state index in [2.05, 4.69) is 52.4 Å². The van der Waals surface area contributed by atoms with Crippen LogP contribution in [-0.2, 0) is 19.7 Å². The number of hydrogen-bond acceptors (Lipinski definition) is 5. The van der Waals surface area contributed by atoms with E-state index in [0.717, 1.165) is 39.2 Å². The summed E-state index contributed by atoms with van der Waals surface area (Å²) in [5.74, 6) is 3.01. The van der Waals surface area contributed by atoms with Crippen molar-refractivity contribution in [2.75, 3.05) is 13.9 Å². The first-order valence-corrected chi connectivity index (χ1v) is 10.6. The highest BCUT2D eigenvalue weighted by Crippen LogP contribution is 2.37. The Kier molecular flexibility index (Phi) is 6.45. The summed E-state index contributed by atoms with van der Waals surface area (Å²) in [5.41, 5.74) is 4.58. The third kappa shape index (κ3) is 4.89. The van der Waals surface area contributed by atoms with Crippen LogP contribution in [0.15, 0.2) is 59.1 Å². The van der Waals surface area contributed by atoms with Crippen molar-refractivity contribution in [3.05, 3.63) is 81.3 Å². The Labute approximate surface area is 185 Å². The normalized spacial score (nSPS) is 12.1. The smallest absolute Gasteiger partial charge is 0.231 e. The molecule has 4 rings (SSSR count). The van der Waals surface area contributed by atoms with E-state index in [9.17, 15) is 0 Å². The summed E-state index contributed by atoms with van der Waals surface area (Å²) in [7, 11) is 1.66. The molecule has 1 aliphatic rings. The highest BCUT2D eigenvalue weighted by Gasteiger charge is 2.14. The molecular formula is C24H24BrNO4. The Morgan fingerprint density at radius 1 is 0.933 bits per heavy atom. The van der Waals surface area contributed by atoms with E-state index < -0.39 is 0 Å². The van der Waals surface area contributed by atoms with Crippen LogP contribution in [0.5, 0.6) is 23.0 Å². The van der Waals surface area contributed by atoms with Gasteiger partial charge in [-0.1, -0.05) is 35.9 Å². The van der Waals surface area contributed by atoms with E-state index in [1.165, 1.54) is 5.56 Å². The van der Waals surface area contributed by atoms with Gasteiger partial charge < -0.3 is 24.3 Å². The number of halogens is 1. The molecule has 3 aromatic rings. The molecule has 0 atom stereocenters. The molecule has 0 aromatic heterocycles. The lowest BCUT2D eigenvalue weighted by Gasteiger charge is -2.15. The second-order valence-electron chi connectivity index (χ2n) is 7.18. The molecule has 3 aromatic carbocycles. The van der Waals surface area contributed by atoms with Gasteiger partial charge in [0.1, 0.15) is 6.61 Å². The highest BCUT2D eigenvalue weighted by molar-refractivity contribution is 9.10. The number of benzene rings is 3. The van der Waals surface area contributed by atoms with Gasteiger partial charge in [0.2, 0.25) is 6.79 Å². The number of hydrogen-bond donors (Lipinski definition) is 1. The summed E-state index contributed by atoms with van der Waals surface area (Å²) < 4.78 is 23.3. The molecule has 1 aliphatic heterocycles. The highest BCUT2D eigenvalue weighted by atomic mass is 79.9. The Morgan fingerprint density at radius 2 is 1.77 bits per heavy atom. The van der Waals surface area contributed by atoms with Gasteiger partial charge >= 0.3 is 0 Å². The molecule has 0 bridgehead atoms. The first-order valence-electron chi connectivity index (χ1n) is 9.76. The van der Waals surface area contributed by atoms with Crippen LogP contribution >= 0.6 is 15.9 Å². The molecule has 156 valence electrons. The molecule has 0 unspecified atom stereocenters. The minimum absolute atomic E-state index is 0.290. The van der Waals surface area contributed by atoms with Crippen LogP contribution < -0.4 is 24.3 Å². The maximum Gasteiger partial charge on any atom is 0.231 e. The predicted molar refractivity (Wildman–Crippen MR) is 119 cm³/mol. The van der Waals surface area contributed by atoms with E-state index in [1.807, 2.05) is 30.3 Å². The van der Waals surface area contributed by atoms with Crippen molar-refractivity contribution < 1.29 is 18.9 Å². The van der Waals surface area contributed by atoms with E-state index in [-0.39, 0.29) is 0 Å². The lowest BCUT2D eigenvalue weighted by atomic mass is 10.1. The van der Waals surface area contributed by atoms with Crippen molar-refractivity contribution >= 4 is 15.9 Å². The SMILES string of the molecule is COc1cc(CNCc2ccc3c(c2)OCO3)cc(Br)c1OCc1cccc(C)c1. The van der Waals surface area contributed by atoms with Gasteiger partial charge in [-0.25, -0.2) is 0 Å². The molecule has 1 N–H and O–H groups in total. The van der Waals surface area contributed by atoms with Gasteiger partial charge in [0.25, 0.3) is 0 Å². The third-order valence-electron chi connectivity index (χ3n) is 4.85. The fraction of sp³-hybridized carbons (Fsp3) is 0.250. The van der Waals surface area contributed by atoms with Gasteiger partial charge in [0.05, 0.1) is 11.6 Å². The molecule has 0 fully saturated rings. The Bertz CT molecular complexity index is 1040. The molecule has 6 heteroatoms. The van der Waals surface area contributed by atoms with Crippen LogP contribution in [0, 0.1) is 6.92 Å². The van der Waals surface area contributed by atoms with Gasteiger partial charge in [0.15, 0.2) is 23.0 Å². The quantitative estimate of drug-likeness (QED) is 0.480. The summed E-state index contributed by atoms with van der Waals surface area (Å²) in [5, 5.41) is 3.46. The van der Waals surface area contributed by atoms with Crippen molar-refractivity contribution in [2.45, 2.75) is 26.6 Å². The monoisotopic (exact) mass is 469 g/mol. The third-order valence-corrected chi connectivity index (χ3v) is 5.44. The van der Waals surface area contributed by atoms with Crippen LogP contribution in [0.3, 0.4) is 0 Å². The molecule has 0 saturated carbocycles. The largest absolute Gasteiger partial charge is 0.493 e. The topological polar surface area (TPSA) is 49.0 Å². The van der Waals surface area contributed by atoms with Crippen LogP contribution in [0.25, 0.3) is 0 Å². The standard InChI is InChI=1S/C24H24BrNO4/c1-16-4-3-5-18(8-16)14-28-24-20(25)9-19(11-23(24)27-2)13-26-12-17-6-7-21-22(10-17)30-15-29-21/h3-11,26H,12-15H2,1-2H3. The molecule has 0 aliphatic carbocycles. The fourth-order valence-electron chi connectivity index (χ4n) is 3.37. The second-order valence-corrected chi connectivity index (χ2v) is 8.03. The summed E-state index contributed by atoms with van der Waals surface area (Å²) in [6, 6.07) is 18.3. The average Bonchev–Trinajstić information content (AvgIpc) is 3.20. The van der Waals surface area contributed by atoms with Gasteiger partial charge in [-0.3, -0.25) is 0 Å². The summed E-state index contributed by atoms with van der Waals surface area (Å²) in [6.07, 6.45) is 0. The summed E-state index contributed by atoms with van der Waals surface area (Å²) in [4.78, 5) is 0. The summed E-state index contributed by atoms with van der Waals surface area (Å²) >= 11 is 3.63. The molecule has 30 heavy (non-hydrogen) atoms. The zero-order chi connectivity index (χ0) is 20.9. The maximum atomic E-state index is 6.05. The first kappa shape index (κ1) is 20.6. The first-order chi connectivity index (χ1) is 14.6. The lowest BCUT2D eigenvalue weighted by Crippen LogP contribution is -2.13. The second kappa shape index (κ2) is 9.41. The molecule has 0 amide bonds. The van der Waals surface area contributed by atoms with E-state index in [0.29, 0.717) is 31.4 Å². The molecule has 0 radical (unpaired) electrons. The van der Waals surface area contributed by atoms with Crippen LogP contribution in [0.1, 0.15) is 22.3 Å². The Balaban J connectivity index is 1.39. The fourth-order valence-corrected chi connectivity index (χ4v) is 3.98. The average molecular weight is 470 g/mol. The van der Waals surface area contributed by atoms with Gasteiger partial charge in [-0.15, -0.1) is 0 Å². The number of nitrogens with one attached hydrogen (secondary N) is 1. The van der Waals surface area contributed by atoms with Crippen LogP contribution in [-0.4, -0.2) is 13.9 Å². The molecule has 0 spiro atoms. The van der Waals surface area contributed by atoms with Crippen molar-refractivity contribution in [3.8, 4) is 23.0 Å². The van der Waals surface area contributed by atoms with E-state index in [1.54, 1.807) is 7.11 Å². The van der Waals surface area contributed by atoms with Crippen LogP contribution in [0.2, 0.25) is 0 Å². The molecular weight excluding hydrogens is 446 g/mol. The number of methoxy groups -OCH3 is 1. The maximum absolute atomic E-state index is 6.05. The van der Waals surface area contributed by atoms with Crippen molar-refractivity contribution in [3.63, 3.8) is 0 Å². The number of fused-ring (bicyclic) bond motifs is 1. The number of ether oxygens (including phenoxy) is 4. The Hall–Kier alpha value is -2.70. The van der Waals surface area contributed by atoms with E-state index in [4.69, 9.17) is 18.9 Å². The molecule has 1 heterocycles.